The smallest absolute Gasteiger partial charge is 0.225 e. The monoisotopic (exact) mass is 559 g/mol. The van der Waals surface area contributed by atoms with Gasteiger partial charge in [0.2, 0.25) is 5.91 Å². The molecule has 1 amide bonds. The second kappa shape index (κ2) is 12.0. The summed E-state index contributed by atoms with van der Waals surface area (Å²) in [5, 5.41) is 6.83. The Hall–Kier alpha value is -1.69. The molecule has 2 aliphatic heterocycles. The van der Waals surface area contributed by atoms with Gasteiger partial charge in [-0.05, 0) is 31.4 Å². The number of aromatic nitrogens is 1. The highest BCUT2D eigenvalue weighted by molar-refractivity contribution is 14.0. The minimum atomic E-state index is -0.278. The second-order valence-electron chi connectivity index (χ2n) is 8.68. The normalized spacial score (nSPS) is 22.3. The summed E-state index contributed by atoms with van der Waals surface area (Å²) in [5.74, 6) is 1.57. The molecule has 1 unspecified atom stereocenters. The van der Waals surface area contributed by atoms with Crippen LogP contribution in [0.25, 0.3) is 0 Å². The van der Waals surface area contributed by atoms with Crippen molar-refractivity contribution in [1.29, 1.82) is 0 Å². The fraction of sp³-hybridized carbons (Fsp3) is 0.682. The van der Waals surface area contributed by atoms with Crippen LogP contribution < -0.4 is 15.5 Å². The lowest BCUT2D eigenvalue weighted by Gasteiger charge is -2.38. The molecule has 2 N–H and O–H groups in total. The first-order chi connectivity index (χ1) is 15.1. The van der Waals surface area contributed by atoms with Crippen LogP contribution in [-0.4, -0.2) is 92.1 Å². The molecular weight excluding hydrogens is 524 g/mol. The van der Waals surface area contributed by atoms with Crippen molar-refractivity contribution < 1.29 is 9.18 Å². The molecule has 4 rings (SSSR count). The van der Waals surface area contributed by atoms with Crippen LogP contribution in [0.1, 0.15) is 25.7 Å². The number of nitrogens with one attached hydrogen (secondary N) is 2. The molecule has 2 saturated heterocycles. The number of aliphatic imine (C=N–C) groups is 1. The van der Waals surface area contributed by atoms with Crippen LogP contribution in [0.3, 0.4) is 0 Å². The number of carbonyl (C=O) groups excluding carboxylic acids is 1. The second-order valence-corrected chi connectivity index (χ2v) is 8.68. The Balaban J connectivity index is 0.00000289. The highest BCUT2D eigenvalue weighted by Gasteiger charge is 2.31. The first kappa shape index (κ1) is 24.9. The standard InChI is InChI=1S/C22H34FN7O.HI/c1-24-22(27-18-7-10-30(16-18)20-19(23)6-3-8-25-20)26-9-11-28-12-14-29(15-13-28)21(31)17-4-2-5-17;/h3,6,8,17-18H,2,4-5,7,9-16H2,1H3,(H2,24,26,27);1H. The van der Waals surface area contributed by atoms with E-state index in [0.717, 1.165) is 71.0 Å². The van der Waals surface area contributed by atoms with Crippen molar-refractivity contribution in [2.24, 2.45) is 10.9 Å². The van der Waals surface area contributed by atoms with Gasteiger partial charge in [0.25, 0.3) is 0 Å². The maximum Gasteiger partial charge on any atom is 0.225 e. The van der Waals surface area contributed by atoms with E-state index in [1.165, 1.54) is 12.5 Å². The lowest BCUT2D eigenvalue weighted by molar-refractivity contribution is -0.139. The predicted octanol–water partition coefficient (Wildman–Crippen LogP) is 1.53. The van der Waals surface area contributed by atoms with Crippen LogP contribution in [0.4, 0.5) is 10.2 Å². The van der Waals surface area contributed by atoms with E-state index < -0.39 is 0 Å². The van der Waals surface area contributed by atoms with Crippen LogP contribution in [0.2, 0.25) is 0 Å². The average Bonchev–Trinajstić information content (AvgIpc) is 3.21. The molecule has 32 heavy (non-hydrogen) atoms. The number of nitrogens with zero attached hydrogens (tertiary/aromatic N) is 5. The predicted molar refractivity (Wildman–Crippen MR) is 135 cm³/mol. The highest BCUT2D eigenvalue weighted by Crippen LogP contribution is 2.28. The summed E-state index contributed by atoms with van der Waals surface area (Å²) in [6.07, 6.45) is 5.89. The van der Waals surface area contributed by atoms with Crippen LogP contribution in [-0.2, 0) is 4.79 Å². The quantitative estimate of drug-likeness (QED) is 0.313. The van der Waals surface area contributed by atoms with Gasteiger partial charge in [-0.3, -0.25) is 14.7 Å². The summed E-state index contributed by atoms with van der Waals surface area (Å²) in [4.78, 5) is 27.3. The molecule has 178 valence electrons. The number of halogens is 2. The van der Waals surface area contributed by atoms with Gasteiger partial charge in [0.15, 0.2) is 17.6 Å². The molecule has 0 bridgehead atoms. The summed E-state index contributed by atoms with van der Waals surface area (Å²) in [6, 6.07) is 3.27. The summed E-state index contributed by atoms with van der Waals surface area (Å²) in [5.41, 5.74) is 0. The first-order valence-electron chi connectivity index (χ1n) is 11.5. The number of rotatable bonds is 6. The van der Waals surface area contributed by atoms with E-state index in [4.69, 9.17) is 0 Å². The Labute approximate surface area is 207 Å². The van der Waals surface area contributed by atoms with Crippen LogP contribution in [0, 0.1) is 11.7 Å². The average molecular weight is 559 g/mol. The zero-order chi connectivity index (χ0) is 21.6. The van der Waals surface area contributed by atoms with Gasteiger partial charge in [-0.25, -0.2) is 9.37 Å². The Morgan fingerprint density at radius 3 is 2.66 bits per heavy atom. The van der Waals surface area contributed by atoms with Crippen molar-refractivity contribution >= 4 is 41.7 Å². The number of piperazine rings is 1. The van der Waals surface area contributed by atoms with Crippen molar-refractivity contribution in [2.75, 3.05) is 64.3 Å². The Morgan fingerprint density at radius 2 is 2.00 bits per heavy atom. The molecule has 10 heteroatoms. The van der Waals surface area contributed by atoms with E-state index >= 15 is 0 Å². The van der Waals surface area contributed by atoms with E-state index in [2.05, 4.69) is 25.5 Å². The fourth-order valence-corrected chi connectivity index (χ4v) is 4.51. The van der Waals surface area contributed by atoms with Crippen molar-refractivity contribution in [2.45, 2.75) is 31.7 Å². The van der Waals surface area contributed by atoms with E-state index in [1.54, 1.807) is 19.3 Å². The molecule has 0 aromatic carbocycles. The molecule has 1 aromatic rings. The van der Waals surface area contributed by atoms with Gasteiger partial charge in [0.1, 0.15) is 0 Å². The van der Waals surface area contributed by atoms with Gasteiger partial charge < -0.3 is 20.4 Å². The highest BCUT2D eigenvalue weighted by atomic mass is 127. The summed E-state index contributed by atoms with van der Waals surface area (Å²) >= 11 is 0. The number of guanidine groups is 1. The van der Waals surface area contributed by atoms with Gasteiger partial charge in [-0.2, -0.15) is 0 Å². The van der Waals surface area contributed by atoms with Gasteiger partial charge in [-0.15, -0.1) is 24.0 Å². The van der Waals surface area contributed by atoms with Crippen molar-refractivity contribution in [3.8, 4) is 0 Å². The number of amides is 1. The molecule has 1 atom stereocenters. The van der Waals surface area contributed by atoms with E-state index in [-0.39, 0.29) is 35.8 Å². The first-order valence-corrected chi connectivity index (χ1v) is 11.5. The molecule has 3 fully saturated rings. The van der Waals surface area contributed by atoms with Crippen molar-refractivity contribution in [1.82, 2.24) is 25.4 Å². The Kier molecular flexibility index (Phi) is 9.33. The maximum absolute atomic E-state index is 14.0. The number of pyridine rings is 1. The number of anilines is 1. The third-order valence-electron chi connectivity index (χ3n) is 6.65. The van der Waals surface area contributed by atoms with E-state index in [9.17, 15) is 9.18 Å². The molecule has 3 aliphatic rings. The lowest BCUT2D eigenvalue weighted by Crippen LogP contribution is -2.53. The van der Waals surface area contributed by atoms with Gasteiger partial charge in [-0.1, -0.05) is 6.42 Å². The molecule has 1 saturated carbocycles. The minimum absolute atomic E-state index is 0. The van der Waals surface area contributed by atoms with Crippen LogP contribution in [0.5, 0.6) is 0 Å². The number of hydrogen-bond acceptors (Lipinski definition) is 5. The van der Waals surface area contributed by atoms with Crippen LogP contribution in [0.15, 0.2) is 23.3 Å². The summed E-state index contributed by atoms with van der Waals surface area (Å²) in [6.45, 7) is 6.72. The van der Waals surface area contributed by atoms with E-state index in [0.29, 0.717) is 24.2 Å². The molecule has 0 radical (unpaired) electrons. The molecule has 1 aliphatic carbocycles. The van der Waals surface area contributed by atoms with Crippen molar-refractivity contribution in [3.05, 3.63) is 24.1 Å². The minimum Gasteiger partial charge on any atom is -0.355 e. The summed E-state index contributed by atoms with van der Waals surface area (Å²) in [7, 11) is 1.77. The third kappa shape index (κ3) is 6.21. The number of carbonyl (C=O) groups is 1. The largest absolute Gasteiger partial charge is 0.355 e. The lowest BCUT2D eigenvalue weighted by atomic mass is 9.84. The van der Waals surface area contributed by atoms with Gasteiger partial charge in [0, 0.05) is 77.6 Å². The topological polar surface area (TPSA) is 76.1 Å². The zero-order valence-corrected chi connectivity index (χ0v) is 21.1. The third-order valence-corrected chi connectivity index (χ3v) is 6.65. The SMILES string of the molecule is CN=C(NCCN1CCN(C(=O)C2CCC2)CC1)NC1CCN(c2ncccc2F)C1.I. The Bertz CT molecular complexity index is 783. The molecule has 8 nitrogen and oxygen atoms in total. The molecule has 0 spiro atoms. The van der Waals surface area contributed by atoms with Crippen molar-refractivity contribution in [3.63, 3.8) is 0 Å². The van der Waals surface area contributed by atoms with Crippen LogP contribution >= 0.6 is 24.0 Å². The maximum atomic E-state index is 14.0. The summed E-state index contributed by atoms with van der Waals surface area (Å²) < 4.78 is 14.0. The number of hydrogen-bond donors (Lipinski definition) is 2. The van der Waals surface area contributed by atoms with Gasteiger partial charge >= 0.3 is 0 Å². The Morgan fingerprint density at radius 1 is 1.22 bits per heavy atom. The van der Waals surface area contributed by atoms with Gasteiger partial charge in [0.05, 0.1) is 0 Å². The molecular formula is C22H35FIN7O. The molecule has 3 heterocycles. The zero-order valence-electron chi connectivity index (χ0n) is 18.8. The molecule has 1 aromatic heterocycles. The van der Waals surface area contributed by atoms with E-state index in [1.807, 2.05) is 9.80 Å². The fourth-order valence-electron chi connectivity index (χ4n) is 4.51.